The normalized spacial score (nSPS) is 12.0. The second-order valence-electron chi connectivity index (χ2n) is 3.21. The molecular weight excluding hydrogens is 235 g/mol. The zero-order valence-electron chi connectivity index (χ0n) is 8.79. The Balaban J connectivity index is 2.97. The number of alkyl halides is 1. The maximum absolute atomic E-state index is 13.0. The van der Waals surface area contributed by atoms with Crippen molar-refractivity contribution in [1.29, 1.82) is 0 Å². The SMILES string of the molecule is COC(=O)C(Cl)C(=O)c1ccc(F)c(C)c1. The van der Waals surface area contributed by atoms with Gasteiger partial charge in [0.1, 0.15) is 5.82 Å². The molecule has 1 atom stereocenters. The number of ether oxygens (including phenoxy) is 1. The number of aryl methyl sites for hydroxylation is 1. The number of carbonyl (C=O) groups is 2. The van der Waals surface area contributed by atoms with Crippen molar-refractivity contribution in [3.05, 3.63) is 35.1 Å². The van der Waals surface area contributed by atoms with E-state index in [1.807, 2.05) is 0 Å². The van der Waals surface area contributed by atoms with Crippen LogP contribution in [0.2, 0.25) is 0 Å². The largest absolute Gasteiger partial charge is 0.468 e. The number of hydrogen-bond donors (Lipinski definition) is 0. The van der Waals surface area contributed by atoms with E-state index in [1.165, 1.54) is 19.1 Å². The molecule has 0 N–H and O–H groups in total. The van der Waals surface area contributed by atoms with Crippen LogP contribution >= 0.6 is 11.6 Å². The van der Waals surface area contributed by atoms with Gasteiger partial charge in [-0.05, 0) is 30.7 Å². The highest BCUT2D eigenvalue weighted by Crippen LogP contribution is 2.14. The van der Waals surface area contributed by atoms with Gasteiger partial charge in [0.25, 0.3) is 0 Å². The van der Waals surface area contributed by atoms with E-state index in [9.17, 15) is 14.0 Å². The predicted molar refractivity (Wildman–Crippen MR) is 57.1 cm³/mol. The first-order valence-electron chi connectivity index (χ1n) is 4.49. The summed E-state index contributed by atoms with van der Waals surface area (Å²) >= 11 is 5.59. The maximum Gasteiger partial charge on any atom is 0.331 e. The van der Waals surface area contributed by atoms with Gasteiger partial charge in [-0.15, -0.1) is 11.6 Å². The first-order chi connectivity index (χ1) is 7.47. The van der Waals surface area contributed by atoms with Crippen molar-refractivity contribution in [3.63, 3.8) is 0 Å². The van der Waals surface area contributed by atoms with Gasteiger partial charge in [-0.1, -0.05) is 0 Å². The fourth-order valence-corrected chi connectivity index (χ4v) is 1.37. The molecule has 16 heavy (non-hydrogen) atoms. The molecule has 0 amide bonds. The minimum Gasteiger partial charge on any atom is -0.468 e. The van der Waals surface area contributed by atoms with Gasteiger partial charge in [-0.2, -0.15) is 0 Å². The molecule has 0 saturated heterocycles. The molecule has 3 nitrogen and oxygen atoms in total. The van der Waals surface area contributed by atoms with Crippen LogP contribution in [0.1, 0.15) is 15.9 Å². The molecular formula is C11H10ClFO3. The van der Waals surface area contributed by atoms with Crippen molar-refractivity contribution in [2.24, 2.45) is 0 Å². The van der Waals surface area contributed by atoms with Crippen molar-refractivity contribution in [1.82, 2.24) is 0 Å². The molecule has 86 valence electrons. The Morgan fingerprint density at radius 2 is 2.06 bits per heavy atom. The number of ketones is 1. The Kier molecular flexibility index (Phi) is 4.01. The van der Waals surface area contributed by atoms with Crippen LogP contribution in [0, 0.1) is 12.7 Å². The lowest BCUT2D eigenvalue weighted by atomic mass is 10.1. The number of Topliss-reactive ketones (excluding diaryl/α,β-unsaturated/α-hetero) is 1. The third kappa shape index (κ3) is 2.58. The Labute approximate surface area is 97.2 Å². The van der Waals surface area contributed by atoms with Crippen LogP contribution in [0.25, 0.3) is 0 Å². The summed E-state index contributed by atoms with van der Waals surface area (Å²) in [5, 5.41) is -1.39. The smallest absolute Gasteiger partial charge is 0.331 e. The summed E-state index contributed by atoms with van der Waals surface area (Å²) in [6.07, 6.45) is 0. The summed E-state index contributed by atoms with van der Waals surface area (Å²) in [6.45, 7) is 1.52. The van der Waals surface area contributed by atoms with E-state index in [2.05, 4.69) is 4.74 Å². The molecule has 0 spiro atoms. The molecule has 0 bridgehead atoms. The molecule has 0 aliphatic heterocycles. The summed E-state index contributed by atoms with van der Waals surface area (Å²) in [6, 6.07) is 3.78. The van der Waals surface area contributed by atoms with Crippen LogP contribution in [0.5, 0.6) is 0 Å². The number of rotatable bonds is 3. The monoisotopic (exact) mass is 244 g/mol. The molecule has 0 aliphatic carbocycles. The second-order valence-corrected chi connectivity index (χ2v) is 3.65. The van der Waals surface area contributed by atoms with Gasteiger partial charge in [0.2, 0.25) is 0 Å². The summed E-state index contributed by atoms with van der Waals surface area (Å²) in [4.78, 5) is 22.7. The van der Waals surface area contributed by atoms with Gasteiger partial charge in [-0.3, -0.25) is 4.79 Å². The average Bonchev–Trinajstić information content (AvgIpc) is 2.29. The van der Waals surface area contributed by atoms with Gasteiger partial charge in [0.05, 0.1) is 7.11 Å². The van der Waals surface area contributed by atoms with Crippen molar-refractivity contribution in [2.45, 2.75) is 12.3 Å². The van der Waals surface area contributed by atoms with Crippen LogP contribution in [0.4, 0.5) is 4.39 Å². The van der Waals surface area contributed by atoms with Gasteiger partial charge < -0.3 is 4.74 Å². The van der Waals surface area contributed by atoms with Gasteiger partial charge in [-0.25, -0.2) is 9.18 Å². The fourth-order valence-electron chi connectivity index (χ4n) is 1.15. The number of benzene rings is 1. The highest BCUT2D eigenvalue weighted by Gasteiger charge is 2.26. The molecule has 1 aromatic rings. The molecule has 1 unspecified atom stereocenters. The van der Waals surface area contributed by atoms with E-state index in [1.54, 1.807) is 0 Å². The van der Waals surface area contributed by atoms with E-state index < -0.39 is 22.9 Å². The second kappa shape index (κ2) is 5.07. The number of carbonyl (C=O) groups excluding carboxylic acids is 2. The summed E-state index contributed by atoms with van der Waals surface area (Å²) in [5.74, 6) is -1.84. The number of esters is 1. The molecule has 0 aliphatic rings. The van der Waals surface area contributed by atoms with E-state index in [-0.39, 0.29) is 5.56 Å². The average molecular weight is 245 g/mol. The first kappa shape index (κ1) is 12.6. The van der Waals surface area contributed by atoms with Crippen molar-refractivity contribution in [2.75, 3.05) is 7.11 Å². The minimum absolute atomic E-state index is 0.185. The topological polar surface area (TPSA) is 43.4 Å². The van der Waals surface area contributed by atoms with Crippen LogP contribution in [0.15, 0.2) is 18.2 Å². The lowest BCUT2D eigenvalue weighted by Gasteiger charge is -2.07. The molecule has 5 heteroatoms. The first-order valence-corrected chi connectivity index (χ1v) is 4.93. The lowest BCUT2D eigenvalue weighted by molar-refractivity contribution is -0.139. The molecule has 1 rings (SSSR count). The number of hydrogen-bond acceptors (Lipinski definition) is 3. The van der Waals surface area contributed by atoms with Crippen molar-refractivity contribution < 1.29 is 18.7 Å². The summed E-state index contributed by atoms with van der Waals surface area (Å²) in [5.41, 5.74) is 0.504. The molecule has 0 aromatic heterocycles. The Bertz CT molecular complexity index is 431. The quantitative estimate of drug-likeness (QED) is 0.354. The lowest BCUT2D eigenvalue weighted by Crippen LogP contribution is -2.26. The van der Waals surface area contributed by atoms with Crippen LogP contribution in [0.3, 0.4) is 0 Å². The standard InChI is InChI=1S/C11H10ClFO3/c1-6-5-7(3-4-8(6)13)10(14)9(12)11(15)16-2/h3-5,9H,1-2H3. The third-order valence-electron chi connectivity index (χ3n) is 2.08. The summed E-state index contributed by atoms with van der Waals surface area (Å²) < 4.78 is 17.3. The minimum atomic E-state index is -1.39. The van der Waals surface area contributed by atoms with Crippen LogP contribution in [-0.2, 0) is 9.53 Å². The molecule has 0 saturated carbocycles. The zero-order chi connectivity index (χ0) is 12.3. The van der Waals surface area contributed by atoms with Gasteiger partial charge in [0, 0.05) is 5.56 Å². The van der Waals surface area contributed by atoms with Crippen molar-refractivity contribution in [3.8, 4) is 0 Å². The fraction of sp³-hybridized carbons (Fsp3) is 0.273. The molecule has 0 fully saturated rings. The van der Waals surface area contributed by atoms with Crippen LogP contribution < -0.4 is 0 Å². The maximum atomic E-state index is 13.0. The van der Waals surface area contributed by atoms with E-state index in [0.717, 1.165) is 13.2 Å². The molecule has 0 radical (unpaired) electrons. The summed E-state index contributed by atoms with van der Waals surface area (Å²) in [7, 11) is 1.14. The molecule has 0 heterocycles. The highest BCUT2D eigenvalue weighted by molar-refractivity contribution is 6.43. The van der Waals surface area contributed by atoms with E-state index >= 15 is 0 Å². The van der Waals surface area contributed by atoms with Crippen LogP contribution in [-0.4, -0.2) is 24.2 Å². The number of methoxy groups -OCH3 is 1. The van der Waals surface area contributed by atoms with Crippen molar-refractivity contribution >= 4 is 23.4 Å². The Hall–Kier alpha value is -1.42. The highest BCUT2D eigenvalue weighted by atomic mass is 35.5. The Morgan fingerprint density at radius 1 is 1.44 bits per heavy atom. The third-order valence-corrected chi connectivity index (χ3v) is 2.46. The predicted octanol–water partition coefficient (Wildman–Crippen LogP) is 2.10. The zero-order valence-corrected chi connectivity index (χ0v) is 9.55. The molecule has 1 aromatic carbocycles. The van der Waals surface area contributed by atoms with E-state index in [0.29, 0.717) is 5.56 Å². The Morgan fingerprint density at radius 3 is 2.56 bits per heavy atom. The van der Waals surface area contributed by atoms with Gasteiger partial charge in [0.15, 0.2) is 11.2 Å². The van der Waals surface area contributed by atoms with E-state index in [4.69, 9.17) is 11.6 Å². The number of halogens is 2. The van der Waals surface area contributed by atoms with Gasteiger partial charge >= 0.3 is 5.97 Å².